The van der Waals surface area contributed by atoms with Gasteiger partial charge in [-0.15, -0.1) is 11.3 Å². The molecule has 0 radical (unpaired) electrons. The molecule has 118 valence electrons. The number of nitrogens with zero attached hydrogens (tertiary/aromatic N) is 3. The highest BCUT2D eigenvalue weighted by Gasteiger charge is 2.56. The van der Waals surface area contributed by atoms with Crippen LogP contribution in [0.25, 0.3) is 10.2 Å². The van der Waals surface area contributed by atoms with Crippen LogP contribution < -0.4 is 0 Å². The summed E-state index contributed by atoms with van der Waals surface area (Å²) in [5.41, 5.74) is -2.32. The fraction of sp³-hybridized carbons (Fsp3) is 0.462. The van der Waals surface area contributed by atoms with Crippen LogP contribution in [0.1, 0.15) is 22.6 Å². The van der Waals surface area contributed by atoms with Crippen molar-refractivity contribution in [2.24, 2.45) is 0 Å². The molecule has 1 fully saturated rings. The summed E-state index contributed by atoms with van der Waals surface area (Å²) in [4.78, 5) is 21.4. The monoisotopic (exact) mass is 331 g/mol. The fourth-order valence-electron chi connectivity index (χ4n) is 2.45. The van der Waals surface area contributed by atoms with Gasteiger partial charge in [0.05, 0.1) is 17.4 Å². The number of thiazole rings is 1. The molecule has 1 unspecified atom stereocenters. The molecule has 22 heavy (non-hydrogen) atoms. The van der Waals surface area contributed by atoms with Gasteiger partial charge in [-0.1, -0.05) is 0 Å². The summed E-state index contributed by atoms with van der Waals surface area (Å²) in [5.74, 6) is -0.594. The SMILES string of the molecule is O=C(c1nc2cnccc2s1)N1CCCC(O)(C(F)(F)F)C1. The Morgan fingerprint density at radius 2 is 2.23 bits per heavy atom. The topological polar surface area (TPSA) is 66.3 Å². The molecule has 0 saturated carbocycles. The highest BCUT2D eigenvalue weighted by molar-refractivity contribution is 7.20. The molecule has 0 spiro atoms. The molecule has 3 rings (SSSR count). The largest absolute Gasteiger partial charge is 0.418 e. The smallest absolute Gasteiger partial charge is 0.379 e. The molecule has 1 N–H and O–H groups in total. The van der Waals surface area contributed by atoms with Crippen molar-refractivity contribution in [2.45, 2.75) is 24.6 Å². The number of likely N-dealkylation sites (tertiary alicyclic amines) is 1. The molecule has 1 amide bonds. The van der Waals surface area contributed by atoms with Gasteiger partial charge >= 0.3 is 6.18 Å². The normalized spacial score (nSPS) is 23.0. The molecule has 3 heterocycles. The Balaban J connectivity index is 1.85. The van der Waals surface area contributed by atoms with Crippen LogP contribution in [0.5, 0.6) is 0 Å². The zero-order valence-electron chi connectivity index (χ0n) is 11.3. The van der Waals surface area contributed by atoms with Gasteiger partial charge < -0.3 is 10.0 Å². The lowest BCUT2D eigenvalue weighted by Gasteiger charge is -2.39. The lowest BCUT2D eigenvalue weighted by molar-refractivity contribution is -0.271. The molecule has 9 heteroatoms. The number of aliphatic hydroxyl groups is 1. The van der Waals surface area contributed by atoms with Gasteiger partial charge in [0.15, 0.2) is 10.6 Å². The van der Waals surface area contributed by atoms with Crippen LogP contribution in [0, 0.1) is 0 Å². The predicted octanol–water partition coefficient (Wildman–Crippen LogP) is 2.22. The Hall–Kier alpha value is -1.74. The van der Waals surface area contributed by atoms with Crippen molar-refractivity contribution in [2.75, 3.05) is 13.1 Å². The van der Waals surface area contributed by atoms with E-state index < -0.39 is 30.7 Å². The number of fused-ring (bicyclic) bond motifs is 1. The van der Waals surface area contributed by atoms with Gasteiger partial charge in [-0.25, -0.2) is 4.98 Å². The minimum Gasteiger partial charge on any atom is -0.379 e. The molecule has 1 aliphatic rings. The van der Waals surface area contributed by atoms with E-state index in [1.807, 2.05) is 0 Å². The minimum absolute atomic E-state index is 0.0915. The molecule has 1 aliphatic heterocycles. The van der Waals surface area contributed by atoms with Gasteiger partial charge in [-0.2, -0.15) is 13.2 Å². The quantitative estimate of drug-likeness (QED) is 0.870. The Morgan fingerprint density at radius 3 is 2.91 bits per heavy atom. The van der Waals surface area contributed by atoms with Crippen molar-refractivity contribution in [3.05, 3.63) is 23.5 Å². The average Bonchev–Trinajstić information content (AvgIpc) is 2.89. The summed E-state index contributed by atoms with van der Waals surface area (Å²) in [6.07, 6.45) is -2.02. The maximum absolute atomic E-state index is 12.9. The number of pyridine rings is 1. The van der Waals surface area contributed by atoms with E-state index in [2.05, 4.69) is 9.97 Å². The molecular weight excluding hydrogens is 319 g/mol. The molecule has 2 aromatic heterocycles. The highest BCUT2D eigenvalue weighted by Crippen LogP contribution is 2.37. The van der Waals surface area contributed by atoms with Crippen LogP contribution in [0.4, 0.5) is 13.2 Å². The van der Waals surface area contributed by atoms with Crippen LogP contribution in [0.3, 0.4) is 0 Å². The number of hydrogen-bond donors (Lipinski definition) is 1. The summed E-state index contributed by atoms with van der Waals surface area (Å²) in [5, 5.41) is 9.87. The van der Waals surface area contributed by atoms with Gasteiger partial charge in [0.1, 0.15) is 5.52 Å². The maximum Gasteiger partial charge on any atom is 0.418 e. The number of hydrogen-bond acceptors (Lipinski definition) is 5. The van der Waals surface area contributed by atoms with E-state index in [4.69, 9.17) is 0 Å². The first-order valence-electron chi connectivity index (χ1n) is 6.59. The second-order valence-electron chi connectivity index (χ2n) is 5.22. The third kappa shape index (κ3) is 2.54. The van der Waals surface area contributed by atoms with Gasteiger partial charge in [-0.3, -0.25) is 9.78 Å². The first-order chi connectivity index (χ1) is 10.3. The van der Waals surface area contributed by atoms with Crippen LogP contribution in [-0.2, 0) is 0 Å². The minimum atomic E-state index is -4.76. The van der Waals surface area contributed by atoms with E-state index in [1.54, 1.807) is 12.3 Å². The molecule has 0 bridgehead atoms. The first-order valence-corrected chi connectivity index (χ1v) is 7.41. The van der Waals surface area contributed by atoms with Gasteiger partial charge in [-0.05, 0) is 18.9 Å². The molecule has 1 atom stereocenters. The number of carbonyl (C=O) groups excluding carboxylic acids is 1. The third-order valence-electron chi connectivity index (χ3n) is 3.66. The fourth-order valence-corrected chi connectivity index (χ4v) is 3.35. The second-order valence-corrected chi connectivity index (χ2v) is 6.25. The number of alkyl halides is 3. The summed E-state index contributed by atoms with van der Waals surface area (Å²) in [6.45, 7) is -0.588. The predicted molar refractivity (Wildman–Crippen MR) is 73.6 cm³/mol. The number of piperidine rings is 1. The van der Waals surface area contributed by atoms with E-state index in [-0.39, 0.29) is 18.0 Å². The zero-order valence-corrected chi connectivity index (χ0v) is 12.1. The van der Waals surface area contributed by atoms with Gasteiger partial charge in [0.2, 0.25) is 0 Å². The summed E-state index contributed by atoms with van der Waals surface area (Å²) in [7, 11) is 0. The van der Waals surface area contributed by atoms with Crippen molar-refractivity contribution in [3.63, 3.8) is 0 Å². The Morgan fingerprint density at radius 1 is 1.45 bits per heavy atom. The van der Waals surface area contributed by atoms with Crippen molar-refractivity contribution >= 4 is 27.5 Å². The Bertz CT molecular complexity index is 685. The van der Waals surface area contributed by atoms with Crippen molar-refractivity contribution in [1.29, 1.82) is 0 Å². The van der Waals surface area contributed by atoms with Crippen LogP contribution in [0.2, 0.25) is 0 Å². The molecule has 0 aliphatic carbocycles. The van der Waals surface area contributed by atoms with Crippen molar-refractivity contribution < 1.29 is 23.1 Å². The van der Waals surface area contributed by atoms with E-state index in [1.165, 1.54) is 6.20 Å². The molecule has 5 nitrogen and oxygen atoms in total. The Kier molecular flexibility index (Phi) is 3.56. The molecule has 2 aromatic rings. The van der Waals surface area contributed by atoms with Gasteiger partial charge in [0, 0.05) is 12.7 Å². The lowest BCUT2D eigenvalue weighted by Crippen LogP contribution is -2.58. The maximum atomic E-state index is 12.9. The average molecular weight is 331 g/mol. The van der Waals surface area contributed by atoms with Crippen LogP contribution in [-0.4, -0.2) is 50.7 Å². The van der Waals surface area contributed by atoms with Crippen molar-refractivity contribution in [3.8, 4) is 0 Å². The zero-order chi connectivity index (χ0) is 16.0. The number of rotatable bonds is 1. The number of β-amino-alcohol motifs (C(OH)–C–C–N with tert-alkyl or cyclic N) is 1. The standard InChI is InChI=1S/C13H12F3N3O2S/c14-13(15,16)12(21)3-1-5-19(7-12)11(20)10-18-8-6-17-4-2-9(8)22-10/h2,4,6,21H,1,3,5,7H2. The van der Waals surface area contributed by atoms with Crippen LogP contribution in [0.15, 0.2) is 18.5 Å². The summed E-state index contributed by atoms with van der Waals surface area (Å²) < 4.78 is 39.5. The molecule has 1 saturated heterocycles. The van der Waals surface area contributed by atoms with E-state index in [0.29, 0.717) is 5.52 Å². The van der Waals surface area contributed by atoms with E-state index >= 15 is 0 Å². The van der Waals surface area contributed by atoms with Crippen molar-refractivity contribution in [1.82, 2.24) is 14.9 Å². The first kappa shape index (κ1) is 15.2. The van der Waals surface area contributed by atoms with Gasteiger partial charge in [0.25, 0.3) is 5.91 Å². The lowest BCUT2D eigenvalue weighted by atomic mass is 9.92. The summed E-state index contributed by atoms with van der Waals surface area (Å²) >= 11 is 1.10. The van der Waals surface area contributed by atoms with Crippen LogP contribution >= 0.6 is 11.3 Å². The summed E-state index contributed by atoms with van der Waals surface area (Å²) in [6, 6.07) is 1.69. The number of halogens is 3. The molecule has 0 aromatic carbocycles. The second kappa shape index (κ2) is 5.17. The number of aromatic nitrogens is 2. The Labute approximate surface area is 127 Å². The number of carbonyl (C=O) groups is 1. The van der Waals surface area contributed by atoms with E-state index in [0.717, 1.165) is 20.9 Å². The van der Waals surface area contributed by atoms with E-state index in [9.17, 15) is 23.1 Å². The molecular formula is C13H12F3N3O2S. The third-order valence-corrected chi connectivity index (χ3v) is 4.68. The highest BCUT2D eigenvalue weighted by atomic mass is 32.1. The number of amides is 1.